The van der Waals surface area contributed by atoms with Crippen LogP contribution in [0.25, 0.3) is 0 Å². The van der Waals surface area contributed by atoms with Crippen LogP contribution < -0.4 is 9.47 Å². The number of hydrogen-bond acceptors (Lipinski definition) is 3. The van der Waals surface area contributed by atoms with Crippen LogP contribution >= 0.6 is 0 Å². The lowest BCUT2D eigenvalue weighted by molar-refractivity contribution is 0.154. The van der Waals surface area contributed by atoms with Gasteiger partial charge in [0.25, 0.3) is 0 Å². The van der Waals surface area contributed by atoms with Gasteiger partial charge in [0.15, 0.2) is 0 Å². The molecule has 0 atom stereocenters. The van der Waals surface area contributed by atoms with Crippen LogP contribution in [-0.4, -0.2) is 13.2 Å². The van der Waals surface area contributed by atoms with Crippen molar-refractivity contribution in [3.05, 3.63) is 23.8 Å². The van der Waals surface area contributed by atoms with Crippen LogP contribution in [0.2, 0.25) is 0 Å². The maximum absolute atomic E-state index is 9.04. The highest BCUT2D eigenvalue weighted by atomic mass is 16.5. The molecule has 1 aliphatic rings. The Labute approximate surface area is 102 Å². The lowest BCUT2D eigenvalue weighted by Gasteiger charge is -2.23. The normalized spacial score (nSPS) is 16.2. The minimum absolute atomic E-state index is 0.253. The van der Waals surface area contributed by atoms with Gasteiger partial charge in [-0.05, 0) is 37.8 Å². The number of ether oxygens (including phenoxy) is 2. The van der Waals surface area contributed by atoms with E-state index < -0.39 is 0 Å². The van der Waals surface area contributed by atoms with Crippen molar-refractivity contribution in [1.29, 1.82) is 5.26 Å². The van der Waals surface area contributed by atoms with Gasteiger partial charge < -0.3 is 9.47 Å². The monoisotopic (exact) mass is 231 g/mol. The molecule has 3 nitrogen and oxygen atoms in total. The van der Waals surface area contributed by atoms with E-state index in [1.165, 1.54) is 19.3 Å². The topological polar surface area (TPSA) is 42.2 Å². The molecule has 17 heavy (non-hydrogen) atoms. The van der Waals surface area contributed by atoms with Gasteiger partial charge in [-0.3, -0.25) is 0 Å². The first kappa shape index (κ1) is 11.8. The van der Waals surface area contributed by atoms with E-state index in [0.29, 0.717) is 11.3 Å². The number of hydrogen-bond donors (Lipinski definition) is 0. The lowest BCUT2D eigenvalue weighted by Crippen LogP contribution is -2.20. The molecule has 90 valence electrons. The molecule has 0 spiro atoms. The van der Waals surface area contributed by atoms with Gasteiger partial charge in [0.05, 0.1) is 18.8 Å². The first-order valence-corrected chi connectivity index (χ1v) is 6.08. The van der Waals surface area contributed by atoms with Crippen molar-refractivity contribution in [2.45, 2.75) is 38.2 Å². The summed E-state index contributed by atoms with van der Waals surface area (Å²) in [6.07, 6.45) is 6.16. The summed E-state index contributed by atoms with van der Waals surface area (Å²) in [6.45, 7) is 0. The average molecular weight is 231 g/mol. The van der Waals surface area contributed by atoms with Crippen LogP contribution in [0.15, 0.2) is 18.2 Å². The molecule has 0 saturated heterocycles. The largest absolute Gasteiger partial charge is 0.497 e. The summed E-state index contributed by atoms with van der Waals surface area (Å²) in [5.74, 6) is 1.38. The van der Waals surface area contributed by atoms with Gasteiger partial charge in [-0.15, -0.1) is 0 Å². The molecule has 0 unspecified atom stereocenters. The fraction of sp³-hybridized carbons (Fsp3) is 0.500. The molecule has 0 bridgehead atoms. The molecule has 1 saturated carbocycles. The Morgan fingerprint density at radius 3 is 2.65 bits per heavy atom. The Morgan fingerprint density at radius 2 is 2.00 bits per heavy atom. The molecule has 3 heteroatoms. The first-order chi connectivity index (χ1) is 8.33. The maximum Gasteiger partial charge on any atom is 0.141 e. The van der Waals surface area contributed by atoms with Crippen molar-refractivity contribution in [1.82, 2.24) is 0 Å². The minimum Gasteiger partial charge on any atom is -0.497 e. The molecule has 1 aromatic carbocycles. The van der Waals surface area contributed by atoms with Crippen molar-refractivity contribution in [3.8, 4) is 17.6 Å². The van der Waals surface area contributed by atoms with Gasteiger partial charge in [-0.2, -0.15) is 5.26 Å². The summed E-state index contributed by atoms with van der Waals surface area (Å²) in [5.41, 5.74) is 0.580. The van der Waals surface area contributed by atoms with E-state index in [2.05, 4.69) is 6.07 Å². The van der Waals surface area contributed by atoms with Crippen molar-refractivity contribution in [2.24, 2.45) is 0 Å². The van der Waals surface area contributed by atoms with E-state index >= 15 is 0 Å². The summed E-state index contributed by atoms with van der Waals surface area (Å²) >= 11 is 0. The fourth-order valence-electron chi connectivity index (χ4n) is 2.18. The summed E-state index contributed by atoms with van der Waals surface area (Å²) in [6, 6.07) is 7.49. The number of nitriles is 1. The standard InChI is InChI=1S/C14H17NO2/c1-16-13-8-7-11(10-15)14(9-13)17-12-5-3-2-4-6-12/h7-9,12H,2-6H2,1H3. The second-order valence-corrected chi connectivity index (χ2v) is 4.35. The molecule has 1 fully saturated rings. The SMILES string of the molecule is COc1ccc(C#N)c(OC2CCCCC2)c1. The number of methoxy groups -OCH3 is 1. The number of benzene rings is 1. The van der Waals surface area contributed by atoms with Crippen LogP contribution in [0, 0.1) is 11.3 Å². The van der Waals surface area contributed by atoms with E-state index in [1.807, 2.05) is 0 Å². The zero-order valence-electron chi connectivity index (χ0n) is 10.1. The highest BCUT2D eigenvalue weighted by Gasteiger charge is 2.16. The Morgan fingerprint density at radius 1 is 1.24 bits per heavy atom. The molecule has 0 N–H and O–H groups in total. The molecule has 0 heterocycles. The van der Waals surface area contributed by atoms with Crippen molar-refractivity contribution in [2.75, 3.05) is 7.11 Å². The van der Waals surface area contributed by atoms with E-state index in [1.54, 1.807) is 25.3 Å². The average Bonchev–Trinajstić information content (AvgIpc) is 2.40. The summed E-state index contributed by atoms with van der Waals surface area (Å²) in [4.78, 5) is 0. The molecule has 1 aromatic rings. The Kier molecular flexibility index (Phi) is 3.87. The van der Waals surface area contributed by atoms with Crippen LogP contribution in [0.1, 0.15) is 37.7 Å². The quantitative estimate of drug-likeness (QED) is 0.801. The van der Waals surface area contributed by atoms with E-state index in [9.17, 15) is 0 Å². The van der Waals surface area contributed by atoms with Crippen LogP contribution in [0.3, 0.4) is 0 Å². The van der Waals surface area contributed by atoms with E-state index in [0.717, 1.165) is 18.6 Å². The third kappa shape index (κ3) is 2.91. The zero-order valence-corrected chi connectivity index (χ0v) is 10.1. The molecule has 0 amide bonds. The van der Waals surface area contributed by atoms with E-state index in [-0.39, 0.29) is 6.10 Å². The lowest BCUT2D eigenvalue weighted by atomic mass is 9.98. The van der Waals surface area contributed by atoms with Crippen LogP contribution in [0.5, 0.6) is 11.5 Å². The maximum atomic E-state index is 9.04. The van der Waals surface area contributed by atoms with Crippen LogP contribution in [-0.2, 0) is 0 Å². The Bertz CT molecular complexity index is 417. The van der Waals surface area contributed by atoms with Gasteiger partial charge in [0.1, 0.15) is 17.6 Å². The summed E-state index contributed by atoms with van der Waals surface area (Å²) in [5, 5.41) is 9.04. The molecule has 0 aromatic heterocycles. The molecule has 2 rings (SSSR count). The predicted octanol–water partition coefficient (Wildman–Crippen LogP) is 3.28. The minimum atomic E-state index is 0.253. The molecule has 0 radical (unpaired) electrons. The smallest absolute Gasteiger partial charge is 0.141 e. The molecule has 1 aliphatic carbocycles. The van der Waals surface area contributed by atoms with Gasteiger partial charge in [0, 0.05) is 6.07 Å². The fourth-order valence-corrected chi connectivity index (χ4v) is 2.18. The third-order valence-corrected chi connectivity index (χ3v) is 3.16. The van der Waals surface area contributed by atoms with Gasteiger partial charge in [-0.1, -0.05) is 6.42 Å². The zero-order chi connectivity index (χ0) is 12.1. The van der Waals surface area contributed by atoms with E-state index in [4.69, 9.17) is 14.7 Å². The Hall–Kier alpha value is -1.69. The molecular formula is C14H17NO2. The second kappa shape index (κ2) is 5.58. The molecular weight excluding hydrogens is 214 g/mol. The van der Waals surface area contributed by atoms with Gasteiger partial charge in [-0.25, -0.2) is 0 Å². The summed E-state index contributed by atoms with van der Waals surface area (Å²) < 4.78 is 11.1. The second-order valence-electron chi connectivity index (χ2n) is 4.35. The Balaban J connectivity index is 2.14. The number of nitrogens with zero attached hydrogens (tertiary/aromatic N) is 1. The van der Waals surface area contributed by atoms with Gasteiger partial charge in [0.2, 0.25) is 0 Å². The van der Waals surface area contributed by atoms with Crippen molar-refractivity contribution >= 4 is 0 Å². The summed E-state index contributed by atoms with van der Waals surface area (Å²) in [7, 11) is 1.62. The highest BCUT2D eigenvalue weighted by Crippen LogP contribution is 2.28. The highest BCUT2D eigenvalue weighted by molar-refractivity contribution is 5.47. The number of rotatable bonds is 3. The van der Waals surface area contributed by atoms with Gasteiger partial charge >= 0.3 is 0 Å². The predicted molar refractivity (Wildman–Crippen MR) is 65.2 cm³/mol. The van der Waals surface area contributed by atoms with Crippen LogP contribution in [0.4, 0.5) is 0 Å². The molecule has 0 aliphatic heterocycles. The first-order valence-electron chi connectivity index (χ1n) is 6.08. The third-order valence-electron chi connectivity index (χ3n) is 3.16. The van der Waals surface area contributed by atoms with Crippen molar-refractivity contribution in [3.63, 3.8) is 0 Å². The van der Waals surface area contributed by atoms with Crippen molar-refractivity contribution < 1.29 is 9.47 Å².